The predicted octanol–water partition coefficient (Wildman–Crippen LogP) is 2.96. The van der Waals surface area contributed by atoms with Gasteiger partial charge in [0.25, 0.3) is 5.56 Å². The van der Waals surface area contributed by atoms with Crippen molar-refractivity contribution >= 4 is 11.8 Å². The molecule has 0 fully saturated rings. The van der Waals surface area contributed by atoms with E-state index in [9.17, 15) is 4.79 Å². The summed E-state index contributed by atoms with van der Waals surface area (Å²) in [7, 11) is 0. The van der Waals surface area contributed by atoms with Crippen LogP contribution in [-0.2, 0) is 11.3 Å². The zero-order valence-electron chi connectivity index (χ0n) is 10.8. The maximum absolute atomic E-state index is 11.7. The van der Waals surface area contributed by atoms with Crippen LogP contribution in [0.25, 0.3) is 0 Å². The third-order valence-electron chi connectivity index (χ3n) is 2.54. The van der Waals surface area contributed by atoms with Crippen LogP contribution in [0.1, 0.15) is 46.7 Å². The van der Waals surface area contributed by atoms with Crippen molar-refractivity contribution in [3.05, 3.63) is 22.1 Å². The molecule has 1 rings (SSSR count). The van der Waals surface area contributed by atoms with E-state index in [4.69, 9.17) is 0 Å². The molecular formula is C12H22N2OS. The minimum atomic E-state index is -0.170. The fourth-order valence-corrected chi connectivity index (χ4v) is 2.21. The van der Waals surface area contributed by atoms with Gasteiger partial charge in [-0.1, -0.05) is 13.8 Å². The first kappa shape index (κ1) is 13.4. The number of thioether (sulfide) groups is 1. The summed E-state index contributed by atoms with van der Waals surface area (Å²) in [5.74, 6) is 0.882. The summed E-state index contributed by atoms with van der Waals surface area (Å²) in [5.41, 5.74) is 0.911. The average molecular weight is 242 g/mol. The van der Waals surface area contributed by atoms with E-state index in [1.54, 1.807) is 10.7 Å². The molecule has 1 N–H and O–H groups in total. The van der Waals surface area contributed by atoms with Crippen LogP contribution in [0.15, 0.2) is 10.9 Å². The summed E-state index contributed by atoms with van der Waals surface area (Å²) >= 11 is 1.88. The summed E-state index contributed by atoms with van der Waals surface area (Å²) in [5, 5.41) is 3.82. The molecule has 0 aliphatic heterocycles. The molecule has 0 bridgehead atoms. The van der Waals surface area contributed by atoms with E-state index in [1.165, 1.54) is 0 Å². The molecule has 3 nitrogen and oxygen atoms in total. The molecule has 0 radical (unpaired) electrons. The molecule has 92 valence electrons. The van der Waals surface area contributed by atoms with E-state index in [2.05, 4.69) is 18.9 Å². The second-order valence-corrected chi connectivity index (χ2v) is 6.58. The van der Waals surface area contributed by atoms with Gasteiger partial charge in [-0.2, -0.15) is 11.8 Å². The van der Waals surface area contributed by atoms with E-state index < -0.39 is 0 Å². The van der Waals surface area contributed by atoms with Gasteiger partial charge in [0.2, 0.25) is 0 Å². The Bertz CT molecular complexity index is 386. The molecule has 1 heterocycles. The molecule has 0 saturated heterocycles. The molecule has 0 aliphatic rings. The van der Waals surface area contributed by atoms with Crippen molar-refractivity contribution in [1.82, 2.24) is 9.78 Å². The standard InChI is InChI=1S/C12H22N2OS/c1-6-9(2)16-8-10-7-11(15)14(13-10)12(3,4)5/h7,9,13H,6,8H2,1-5H3. The first-order valence-corrected chi connectivity index (χ1v) is 6.82. The summed E-state index contributed by atoms with van der Waals surface area (Å²) < 4.78 is 1.69. The lowest BCUT2D eigenvalue weighted by atomic mass is 10.1. The van der Waals surface area contributed by atoms with E-state index in [-0.39, 0.29) is 11.1 Å². The highest BCUT2D eigenvalue weighted by Crippen LogP contribution is 2.18. The number of hydrogen-bond donors (Lipinski definition) is 1. The molecule has 16 heavy (non-hydrogen) atoms. The van der Waals surface area contributed by atoms with Gasteiger partial charge in [0.1, 0.15) is 0 Å². The van der Waals surface area contributed by atoms with E-state index in [0.717, 1.165) is 17.9 Å². The van der Waals surface area contributed by atoms with Gasteiger partial charge >= 0.3 is 0 Å². The topological polar surface area (TPSA) is 37.8 Å². The molecule has 1 atom stereocenters. The number of rotatable bonds is 4. The Labute approximate surface area is 102 Å². The minimum absolute atomic E-state index is 0.0623. The van der Waals surface area contributed by atoms with Crippen LogP contribution < -0.4 is 5.56 Å². The molecule has 1 aromatic heterocycles. The molecule has 0 aliphatic carbocycles. The van der Waals surface area contributed by atoms with Crippen LogP contribution in [0.4, 0.5) is 0 Å². The number of H-pyrrole nitrogens is 1. The maximum atomic E-state index is 11.7. The Hall–Kier alpha value is -0.640. The third-order valence-corrected chi connectivity index (χ3v) is 3.92. The largest absolute Gasteiger partial charge is 0.298 e. The zero-order chi connectivity index (χ0) is 12.3. The maximum Gasteiger partial charge on any atom is 0.267 e. The van der Waals surface area contributed by atoms with Gasteiger partial charge in [-0.05, 0) is 27.2 Å². The van der Waals surface area contributed by atoms with Crippen LogP contribution in [0.2, 0.25) is 0 Å². The number of hydrogen-bond acceptors (Lipinski definition) is 2. The predicted molar refractivity (Wildman–Crippen MR) is 71.1 cm³/mol. The van der Waals surface area contributed by atoms with Gasteiger partial charge in [0.15, 0.2) is 0 Å². The summed E-state index contributed by atoms with van der Waals surface area (Å²) in [6, 6.07) is 1.71. The average Bonchev–Trinajstić information content (AvgIpc) is 2.55. The first-order valence-electron chi connectivity index (χ1n) is 5.77. The second kappa shape index (κ2) is 5.13. The number of aromatic amines is 1. The van der Waals surface area contributed by atoms with E-state index in [0.29, 0.717) is 5.25 Å². The lowest BCUT2D eigenvalue weighted by molar-refractivity contribution is 0.344. The highest BCUT2D eigenvalue weighted by atomic mass is 32.2. The fraction of sp³-hybridized carbons (Fsp3) is 0.750. The Kier molecular flexibility index (Phi) is 4.30. The van der Waals surface area contributed by atoms with Crippen molar-refractivity contribution in [2.45, 2.75) is 57.6 Å². The summed E-state index contributed by atoms with van der Waals surface area (Å²) in [4.78, 5) is 11.7. The smallest absolute Gasteiger partial charge is 0.267 e. The van der Waals surface area contributed by atoms with Crippen LogP contribution in [-0.4, -0.2) is 15.0 Å². The number of nitrogens with one attached hydrogen (secondary N) is 1. The normalized spacial score (nSPS) is 14.1. The molecule has 1 unspecified atom stereocenters. The lowest BCUT2D eigenvalue weighted by Crippen LogP contribution is -2.32. The van der Waals surface area contributed by atoms with Gasteiger partial charge in [-0.15, -0.1) is 0 Å². The Morgan fingerprint density at radius 1 is 1.50 bits per heavy atom. The van der Waals surface area contributed by atoms with Gasteiger partial charge in [-0.3, -0.25) is 9.89 Å². The lowest BCUT2D eigenvalue weighted by Gasteiger charge is -2.19. The van der Waals surface area contributed by atoms with Crippen LogP contribution in [0, 0.1) is 0 Å². The van der Waals surface area contributed by atoms with Crippen molar-refractivity contribution in [1.29, 1.82) is 0 Å². The van der Waals surface area contributed by atoms with E-state index >= 15 is 0 Å². The molecule has 0 amide bonds. The van der Waals surface area contributed by atoms with Crippen molar-refractivity contribution in [3.63, 3.8) is 0 Å². The van der Waals surface area contributed by atoms with Crippen LogP contribution in [0.5, 0.6) is 0 Å². The molecule has 1 aromatic rings. The van der Waals surface area contributed by atoms with Crippen molar-refractivity contribution in [3.8, 4) is 0 Å². The zero-order valence-corrected chi connectivity index (χ0v) is 11.6. The Morgan fingerprint density at radius 3 is 2.56 bits per heavy atom. The Balaban J connectivity index is 2.74. The second-order valence-electron chi connectivity index (χ2n) is 5.16. The van der Waals surface area contributed by atoms with Crippen LogP contribution in [0.3, 0.4) is 0 Å². The quantitative estimate of drug-likeness (QED) is 0.881. The Morgan fingerprint density at radius 2 is 2.12 bits per heavy atom. The summed E-state index contributed by atoms with van der Waals surface area (Å²) in [6.07, 6.45) is 1.16. The fourth-order valence-electron chi connectivity index (χ4n) is 1.37. The molecule has 0 saturated carbocycles. The molecular weight excluding hydrogens is 220 g/mol. The van der Waals surface area contributed by atoms with E-state index in [1.807, 2.05) is 32.5 Å². The van der Waals surface area contributed by atoms with Gasteiger partial charge in [0.05, 0.1) is 5.54 Å². The van der Waals surface area contributed by atoms with Crippen molar-refractivity contribution in [2.75, 3.05) is 0 Å². The molecule has 0 spiro atoms. The number of aromatic nitrogens is 2. The van der Waals surface area contributed by atoms with Crippen molar-refractivity contribution < 1.29 is 0 Å². The first-order chi connectivity index (χ1) is 7.34. The highest BCUT2D eigenvalue weighted by Gasteiger charge is 2.16. The summed E-state index contributed by atoms with van der Waals surface area (Å²) in [6.45, 7) is 10.5. The van der Waals surface area contributed by atoms with Gasteiger partial charge in [-0.25, -0.2) is 4.68 Å². The van der Waals surface area contributed by atoms with Crippen molar-refractivity contribution in [2.24, 2.45) is 0 Å². The van der Waals surface area contributed by atoms with Crippen LogP contribution >= 0.6 is 11.8 Å². The SMILES string of the molecule is CCC(C)SCc1cc(=O)n(C(C)(C)C)[nH]1. The van der Waals surface area contributed by atoms with Gasteiger partial charge in [0, 0.05) is 22.8 Å². The van der Waals surface area contributed by atoms with Gasteiger partial charge < -0.3 is 0 Å². The molecule has 0 aromatic carbocycles. The third kappa shape index (κ3) is 3.44. The number of nitrogens with zero attached hydrogens (tertiary/aromatic N) is 1. The highest BCUT2D eigenvalue weighted by molar-refractivity contribution is 7.99. The minimum Gasteiger partial charge on any atom is -0.298 e. The molecule has 4 heteroatoms. The monoisotopic (exact) mass is 242 g/mol.